The van der Waals surface area contributed by atoms with Crippen molar-refractivity contribution < 1.29 is 8.42 Å². The van der Waals surface area contributed by atoms with E-state index in [9.17, 15) is 8.42 Å². The number of aryl methyl sites for hydroxylation is 1. The van der Waals surface area contributed by atoms with Gasteiger partial charge in [-0.25, -0.2) is 17.7 Å². The van der Waals surface area contributed by atoms with Gasteiger partial charge >= 0.3 is 0 Å². The molecule has 28 heavy (non-hydrogen) atoms. The Morgan fingerprint density at radius 3 is 2.57 bits per heavy atom. The molecule has 1 aliphatic rings. The van der Waals surface area contributed by atoms with E-state index in [-0.39, 0.29) is 41.4 Å². The van der Waals surface area contributed by atoms with E-state index in [0.717, 1.165) is 18.5 Å². The van der Waals surface area contributed by atoms with Crippen LogP contribution >= 0.6 is 24.0 Å². The second-order valence-corrected chi connectivity index (χ2v) is 8.99. The number of sulfonamides is 1. The highest BCUT2D eigenvalue weighted by molar-refractivity contribution is 14.0. The van der Waals surface area contributed by atoms with Crippen LogP contribution in [0.2, 0.25) is 0 Å². The highest BCUT2D eigenvalue weighted by Gasteiger charge is 2.20. The number of benzene rings is 2. The van der Waals surface area contributed by atoms with E-state index >= 15 is 0 Å². The third-order valence-corrected chi connectivity index (χ3v) is 6.73. The van der Waals surface area contributed by atoms with E-state index in [1.165, 1.54) is 42.4 Å². The first-order valence-electron chi connectivity index (χ1n) is 9.07. The lowest BCUT2D eigenvalue weighted by Gasteiger charge is -2.20. The first-order chi connectivity index (χ1) is 12.9. The Morgan fingerprint density at radius 1 is 1.11 bits per heavy atom. The number of fused-ring (bicyclic) bond motifs is 1. The molecule has 6 nitrogen and oxygen atoms in total. The third kappa shape index (κ3) is 5.03. The van der Waals surface area contributed by atoms with Crippen molar-refractivity contribution in [2.24, 2.45) is 10.7 Å². The average molecular weight is 514 g/mol. The van der Waals surface area contributed by atoms with Crippen molar-refractivity contribution in [3.8, 4) is 0 Å². The van der Waals surface area contributed by atoms with Gasteiger partial charge < -0.3 is 11.1 Å². The Labute approximate surface area is 184 Å². The number of hydrogen-bond acceptors (Lipinski definition) is 3. The lowest BCUT2D eigenvalue weighted by atomic mass is 9.90. The van der Waals surface area contributed by atoms with Crippen LogP contribution < -0.4 is 11.1 Å². The maximum atomic E-state index is 12.5. The van der Waals surface area contributed by atoms with Crippen LogP contribution in [0.5, 0.6) is 0 Å². The van der Waals surface area contributed by atoms with Crippen LogP contribution in [0.15, 0.2) is 52.4 Å². The lowest BCUT2D eigenvalue weighted by Crippen LogP contribution is -2.25. The van der Waals surface area contributed by atoms with E-state index < -0.39 is 10.0 Å². The monoisotopic (exact) mass is 514 g/mol. The fraction of sp³-hybridized carbons (Fsp3) is 0.350. The molecular weight excluding hydrogens is 487 g/mol. The van der Waals surface area contributed by atoms with Gasteiger partial charge in [0.05, 0.1) is 11.4 Å². The molecule has 3 N–H and O–H groups in total. The third-order valence-electron chi connectivity index (χ3n) is 4.81. The minimum Gasteiger partial charge on any atom is -0.370 e. The Kier molecular flexibility index (Phi) is 7.85. The van der Waals surface area contributed by atoms with Crippen molar-refractivity contribution in [1.82, 2.24) is 4.31 Å². The van der Waals surface area contributed by atoms with Crippen LogP contribution in [0, 0.1) is 0 Å². The fourth-order valence-electron chi connectivity index (χ4n) is 3.33. The molecule has 0 amide bonds. The van der Waals surface area contributed by atoms with Gasteiger partial charge in [-0.15, -0.1) is 24.0 Å². The molecule has 2 aromatic carbocycles. The van der Waals surface area contributed by atoms with Gasteiger partial charge in [-0.3, -0.25) is 0 Å². The molecule has 0 heterocycles. The first-order valence-corrected chi connectivity index (χ1v) is 10.5. The summed E-state index contributed by atoms with van der Waals surface area (Å²) in [5, 5.41) is 3.19. The second-order valence-electron chi connectivity index (χ2n) is 6.87. The van der Waals surface area contributed by atoms with E-state index in [0.29, 0.717) is 5.56 Å². The number of guanidine groups is 1. The van der Waals surface area contributed by atoms with Crippen LogP contribution in [-0.2, 0) is 29.4 Å². The van der Waals surface area contributed by atoms with Gasteiger partial charge in [0.2, 0.25) is 10.0 Å². The molecule has 0 saturated heterocycles. The predicted molar refractivity (Wildman–Crippen MR) is 125 cm³/mol. The number of aliphatic imine (C=N–C) groups is 1. The zero-order chi connectivity index (χ0) is 19.4. The van der Waals surface area contributed by atoms with Gasteiger partial charge in [0.15, 0.2) is 5.96 Å². The van der Waals surface area contributed by atoms with Crippen LogP contribution in [0.1, 0.15) is 29.5 Å². The lowest BCUT2D eigenvalue weighted by molar-refractivity contribution is 0.519. The Morgan fingerprint density at radius 2 is 1.82 bits per heavy atom. The number of hydrogen-bond donors (Lipinski definition) is 2. The summed E-state index contributed by atoms with van der Waals surface area (Å²) in [4.78, 5) is 4.63. The maximum Gasteiger partial charge on any atom is 0.242 e. The van der Waals surface area contributed by atoms with Crippen molar-refractivity contribution in [3.05, 3.63) is 59.2 Å². The molecule has 0 atom stereocenters. The number of nitrogens with zero attached hydrogens (tertiary/aromatic N) is 2. The average Bonchev–Trinajstić information content (AvgIpc) is 2.67. The Balaban J connectivity index is 0.00000280. The Bertz CT molecular complexity index is 958. The number of nitrogens with two attached hydrogens (primary N) is 1. The summed E-state index contributed by atoms with van der Waals surface area (Å²) in [5.74, 6) is 0.283. The van der Waals surface area contributed by atoms with E-state index in [1.807, 2.05) is 12.1 Å². The summed E-state index contributed by atoms with van der Waals surface area (Å²) in [7, 11) is -0.488. The number of nitrogens with one attached hydrogen (secondary N) is 1. The minimum absolute atomic E-state index is 0. The molecule has 0 spiro atoms. The number of halogens is 1. The van der Waals surface area contributed by atoms with Gasteiger partial charge in [-0.2, -0.15) is 0 Å². The quantitative estimate of drug-likeness (QED) is 0.364. The standard InChI is InChI=1S/C20H26N4O2S.HI/c1-24(2)27(25,26)19-13-6-4-9-16(19)14-22-20(21)23-18-12-7-10-15-8-3-5-11-17(15)18;/h4,6-7,9-10,12-13H,3,5,8,11,14H2,1-2H3,(H3,21,22,23);1H. The predicted octanol–water partition coefficient (Wildman–Crippen LogP) is 3.36. The normalized spacial score (nSPS) is 14.3. The van der Waals surface area contributed by atoms with E-state index in [1.54, 1.807) is 24.3 Å². The fourth-order valence-corrected chi connectivity index (χ4v) is 4.44. The summed E-state index contributed by atoms with van der Waals surface area (Å²) in [6.07, 6.45) is 4.53. The minimum atomic E-state index is -3.52. The Hall–Kier alpha value is -1.65. The molecule has 0 saturated carbocycles. The van der Waals surface area contributed by atoms with Crippen molar-refractivity contribution in [2.45, 2.75) is 37.1 Å². The van der Waals surface area contributed by atoms with Crippen molar-refractivity contribution in [2.75, 3.05) is 19.4 Å². The van der Waals surface area contributed by atoms with E-state index in [2.05, 4.69) is 16.4 Å². The summed E-state index contributed by atoms with van der Waals surface area (Å²) in [6, 6.07) is 13.1. The van der Waals surface area contributed by atoms with Gasteiger partial charge in [-0.05, 0) is 54.5 Å². The van der Waals surface area contributed by atoms with Gasteiger partial charge in [0, 0.05) is 19.8 Å². The molecule has 0 unspecified atom stereocenters. The summed E-state index contributed by atoms with van der Waals surface area (Å²) < 4.78 is 26.2. The molecule has 0 radical (unpaired) electrons. The topological polar surface area (TPSA) is 87.8 Å². The SMILES string of the molecule is CN(C)S(=O)(=O)c1ccccc1CN=C(N)Nc1cccc2c1CCCC2.I. The van der Waals surface area contributed by atoms with Crippen LogP contribution in [-0.4, -0.2) is 32.8 Å². The van der Waals surface area contributed by atoms with Gasteiger partial charge in [0.1, 0.15) is 0 Å². The van der Waals surface area contributed by atoms with Crippen molar-refractivity contribution in [1.29, 1.82) is 0 Å². The molecule has 2 aromatic rings. The summed E-state index contributed by atoms with van der Waals surface area (Å²) >= 11 is 0. The van der Waals surface area contributed by atoms with E-state index in [4.69, 9.17) is 5.73 Å². The molecule has 3 rings (SSSR count). The first kappa shape index (κ1) is 22.6. The summed E-state index contributed by atoms with van der Waals surface area (Å²) in [6.45, 7) is 0.192. The highest BCUT2D eigenvalue weighted by atomic mass is 127. The van der Waals surface area contributed by atoms with Crippen LogP contribution in [0.3, 0.4) is 0 Å². The van der Waals surface area contributed by atoms with Gasteiger partial charge in [0.25, 0.3) is 0 Å². The zero-order valence-corrected chi connectivity index (χ0v) is 19.3. The smallest absolute Gasteiger partial charge is 0.242 e. The largest absolute Gasteiger partial charge is 0.370 e. The highest BCUT2D eigenvalue weighted by Crippen LogP contribution is 2.27. The number of anilines is 1. The molecule has 0 fully saturated rings. The molecule has 1 aliphatic carbocycles. The molecule has 8 heteroatoms. The zero-order valence-electron chi connectivity index (χ0n) is 16.2. The summed E-state index contributed by atoms with van der Waals surface area (Å²) in [5.41, 5.74) is 10.4. The van der Waals surface area contributed by atoms with Crippen LogP contribution in [0.25, 0.3) is 0 Å². The van der Waals surface area contributed by atoms with Crippen molar-refractivity contribution >= 4 is 45.6 Å². The molecule has 0 bridgehead atoms. The van der Waals surface area contributed by atoms with Gasteiger partial charge in [-0.1, -0.05) is 30.3 Å². The molecule has 152 valence electrons. The molecule has 0 aliphatic heterocycles. The second kappa shape index (κ2) is 9.71. The maximum absolute atomic E-state index is 12.5. The van der Waals surface area contributed by atoms with Crippen LogP contribution in [0.4, 0.5) is 5.69 Å². The number of rotatable bonds is 5. The molecule has 0 aromatic heterocycles. The van der Waals surface area contributed by atoms with Crippen molar-refractivity contribution in [3.63, 3.8) is 0 Å². The molecular formula is C20H27IN4O2S.